The van der Waals surface area contributed by atoms with E-state index in [1.54, 1.807) is 36.5 Å². The van der Waals surface area contributed by atoms with Gasteiger partial charge in [-0.2, -0.15) is 0 Å². The molecule has 1 atom stereocenters. The first kappa shape index (κ1) is 31.7. The van der Waals surface area contributed by atoms with Crippen LogP contribution in [0.1, 0.15) is 80.3 Å². The standard InChI is InChI=1S/C38H39N5O4/c1-39-36(45)27-11-7-12-29(23-27)38(47)43(21-22-44)35-16-15-30(42-19-5-2-6-20-42)25-32(35)34-24-28(17-18-40-34)37(46)41-33-14-8-10-26-9-3-4-13-31(26)33/h3-4,7,9,11-13,15-18,22-25,33H,2,5-6,8,10,14,19-21H2,1H3,(H,39,45)(H,41,46)/t33-/m0/s1. The van der Waals surface area contributed by atoms with E-state index in [9.17, 15) is 19.2 Å². The van der Waals surface area contributed by atoms with E-state index in [-0.39, 0.29) is 30.0 Å². The predicted molar refractivity (Wildman–Crippen MR) is 183 cm³/mol. The molecule has 0 spiro atoms. The van der Waals surface area contributed by atoms with Gasteiger partial charge in [0.05, 0.1) is 24.0 Å². The number of aldehydes is 1. The summed E-state index contributed by atoms with van der Waals surface area (Å²) in [7, 11) is 1.53. The molecule has 1 saturated heterocycles. The van der Waals surface area contributed by atoms with Crippen LogP contribution >= 0.6 is 0 Å². The minimum atomic E-state index is -0.431. The Labute approximate surface area is 275 Å². The van der Waals surface area contributed by atoms with Crippen LogP contribution in [0.2, 0.25) is 0 Å². The molecule has 4 aromatic rings. The summed E-state index contributed by atoms with van der Waals surface area (Å²) in [6, 6.07) is 23.8. The zero-order chi connectivity index (χ0) is 32.8. The minimum Gasteiger partial charge on any atom is -0.372 e. The topological polar surface area (TPSA) is 112 Å². The number of fused-ring (bicyclic) bond motifs is 1. The molecule has 0 radical (unpaired) electrons. The fourth-order valence-electron chi connectivity index (χ4n) is 6.64. The van der Waals surface area contributed by atoms with Crippen LogP contribution in [-0.2, 0) is 11.2 Å². The molecule has 3 amide bonds. The summed E-state index contributed by atoms with van der Waals surface area (Å²) in [4.78, 5) is 60.4. The third-order valence-corrected chi connectivity index (χ3v) is 9.07. The van der Waals surface area contributed by atoms with Crippen LogP contribution in [0.15, 0.2) is 85.1 Å². The van der Waals surface area contributed by atoms with Crippen LogP contribution in [0.5, 0.6) is 0 Å². The molecule has 0 bridgehead atoms. The summed E-state index contributed by atoms with van der Waals surface area (Å²) < 4.78 is 0. The zero-order valence-electron chi connectivity index (χ0n) is 26.6. The van der Waals surface area contributed by atoms with Gasteiger partial charge in [-0.25, -0.2) is 0 Å². The number of benzene rings is 3. The Kier molecular flexibility index (Phi) is 9.71. The zero-order valence-corrected chi connectivity index (χ0v) is 26.6. The van der Waals surface area contributed by atoms with Crippen molar-refractivity contribution in [3.63, 3.8) is 0 Å². The van der Waals surface area contributed by atoms with E-state index in [2.05, 4.69) is 32.7 Å². The Balaban J connectivity index is 1.38. The molecule has 1 aliphatic carbocycles. The van der Waals surface area contributed by atoms with Crippen molar-refractivity contribution >= 4 is 35.4 Å². The maximum absolute atomic E-state index is 14.0. The van der Waals surface area contributed by atoms with Crippen molar-refractivity contribution in [1.82, 2.24) is 15.6 Å². The number of carbonyl (C=O) groups is 4. The Morgan fingerprint density at radius 3 is 2.47 bits per heavy atom. The number of hydrogen-bond acceptors (Lipinski definition) is 6. The van der Waals surface area contributed by atoms with Gasteiger partial charge >= 0.3 is 0 Å². The molecule has 2 aliphatic rings. The van der Waals surface area contributed by atoms with Gasteiger partial charge in [0.15, 0.2) is 0 Å². The Morgan fingerprint density at radius 2 is 1.66 bits per heavy atom. The number of anilines is 2. The fourth-order valence-corrected chi connectivity index (χ4v) is 6.64. The van der Waals surface area contributed by atoms with E-state index in [1.165, 1.54) is 30.0 Å². The van der Waals surface area contributed by atoms with Gasteiger partial charge in [-0.1, -0.05) is 30.3 Å². The molecule has 1 fully saturated rings. The SMILES string of the molecule is CNC(=O)c1cccc(C(=O)N(CC=O)c2ccc(N3CCCCC3)cc2-c2cc(C(=O)N[C@H]3CCCc4ccccc43)ccn2)c1. The van der Waals surface area contributed by atoms with Crippen LogP contribution in [0.25, 0.3) is 11.3 Å². The molecule has 0 saturated carbocycles. The fraction of sp³-hybridized carbons (Fsp3) is 0.289. The van der Waals surface area contributed by atoms with Gasteiger partial charge in [0.1, 0.15) is 6.29 Å². The summed E-state index contributed by atoms with van der Waals surface area (Å²) in [6.45, 7) is 1.63. The molecule has 9 nitrogen and oxygen atoms in total. The molecule has 2 heterocycles. The van der Waals surface area contributed by atoms with Gasteiger partial charge in [-0.05, 0) is 98.2 Å². The lowest BCUT2D eigenvalue weighted by Crippen LogP contribution is -2.34. The first-order valence-electron chi connectivity index (χ1n) is 16.3. The smallest absolute Gasteiger partial charge is 0.258 e. The van der Waals surface area contributed by atoms with Crippen molar-refractivity contribution in [2.24, 2.45) is 0 Å². The third-order valence-electron chi connectivity index (χ3n) is 9.07. The molecule has 1 aromatic heterocycles. The van der Waals surface area contributed by atoms with Crippen molar-refractivity contribution in [3.05, 3.63) is 113 Å². The number of pyridine rings is 1. The molecule has 2 N–H and O–H groups in total. The number of nitrogens with one attached hydrogen (secondary N) is 2. The third kappa shape index (κ3) is 6.94. The van der Waals surface area contributed by atoms with E-state index in [0.717, 1.165) is 56.4 Å². The molecule has 1 aliphatic heterocycles. The molecule has 240 valence electrons. The first-order valence-corrected chi connectivity index (χ1v) is 16.3. The van der Waals surface area contributed by atoms with E-state index in [0.29, 0.717) is 34.4 Å². The van der Waals surface area contributed by atoms with Gasteiger partial charge in [0.25, 0.3) is 17.7 Å². The average Bonchev–Trinajstić information content (AvgIpc) is 3.13. The molecular formula is C38H39N5O4. The lowest BCUT2D eigenvalue weighted by atomic mass is 9.87. The Hall–Kier alpha value is -5.31. The number of carbonyl (C=O) groups excluding carboxylic acids is 4. The molecular weight excluding hydrogens is 590 g/mol. The quantitative estimate of drug-likeness (QED) is 0.228. The number of piperidine rings is 1. The van der Waals surface area contributed by atoms with Crippen LogP contribution < -0.4 is 20.4 Å². The van der Waals surface area contributed by atoms with Crippen molar-refractivity contribution < 1.29 is 19.2 Å². The maximum Gasteiger partial charge on any atom is 0.258 e. The molecule has 3 aromatic carbocycles. The highest BCUT2D eigenvalue weighted by Crippen LogP contribution is 2.36. The number of aryl methyl sites for hydroxylation is 1. The van der Waals surface area contributed by atoms with Crippen LogP contribution in [0.4, 0.5) is 11.4 Å². The maximum atomic E-state index is 14.0. The monoisotopic (exact) mass is 629 g/mol. The normalized spacial score (nSPS) is 15.7. The van der Waals surface area contributed by atoms with Gasteiger partial charge in [-0.3, -0.25) is 19.4 Å². The lowest BCUT2D eigenvalue weighted by Gasteiger charge is -2.31. The predicted octanol–water partition coefficient (Wildman–Crippen LogP) is 5.75. The second-order valence-electron chi connectivity index (χ2n) is 12.0. The van der Waals surface area contributed by atoms with Crippen LogP contribution in [0.3, 0.4) is 0 Å². The molecule has 9 heteroatoms. The van der Waals surface area contributed by atoms with Crippen LogP contribution in [-0.4, -0.2) is 55.7 Å². The number of rotatable bonds is 9. The van der Waals surface area contributed by atoms with Crippen molar-refractivity contribution in [1.29, 1.82) is 0 Å². The summed E-state index contributed by atoms with van der Waals surface area (Å²) in [5.41, 5.74) is 6.10. The first-order chi connectivity index (χ1) is 23.0. The van der Waals surface area contributed by atoms with Crippen molar-refractivity contribution in [2.45, 2.75) is 44.6 Å². The molecule has 47 heavy (non-hydrogen) atoms. The van der Waals surface area contributed by atoms with E-state index < -0.39 is 5.91 Å². The average molecular weight is 630 g/mol. The minimum absolute atomic E-state index is 0.0756. The highest BCUT2D eigenvalue weighted by Gasteiger charge is 2.26. The van der Waals surface area contributed by atoms with E-state index in [4.69, 9.17) is 0 Å². The van der Waals surface area contributed by atoms with Gasteiger partial charge in [-0.15, -0.1) is 0 Å². The summed E-state index contributed by atoms with van der Waals surface area (Å²) >= 11 is 0. The largest absolute Gasteiger partial charge is 0.372 e. The highest BCUT2D eigenvalue weighted by atomic mass is 16.2. The van der Waals surface area contributed by atoms with E-state index in [1.807, 2.05) is 30.3 Å². The Bertz CT molecular complexity index is 1800. The van der Waals surface area contributed by atoms with Gasteiger partial charge in [0.2, 0.25) is 0 Å². The van der Waals surface area contributed by atoms with Crippen molar-refractivity contribution in [3.8, 4) is 11.3 Å². The Morgan fingerprint density at radius 1 is 0.872 bits per heavy atom. The molecule has 6 rings (SSSR count). The van der Waals surface area contributed by atoms with Crippen LogP contribution in [0, 0.1) is 0 Å². The molecule has 0 unspecified atom stereocenters. The number of amides is 3. The second-order valence-corrected chi connectivity index (χ2v) is 12.0. The number of aromatic nitrogens is 1. The summed E-state index contributed by atoms with van der Waals surface area (Å²) in [5, 5.41) is 5.81. The van der Waals surface area contributed by atoms with E-state index >= 15 is 0 Å². The summed E-state index contributed by atoms with van der Waals surface area (Å²) in [6.07, 6.45) is 8.53. The summed E-state index contributed by atoms with van der Waals surface area (Å²) in [5.74, 6) is -0.945. The highest BCUT2D eigenvalue weighted by molar-refractivity contribution is 6.10. The lowest BCUT2D eigenvalue weighted by molar-refractivity contribution is -0.106. The number of nitrogens with zero attached hydrogens (tertiary/aromatic N) is 3. The second kappa shape index (κ2) is 14.4. The number of hydrogen-bond donors (Lipinski definition) is 2. The van der Waals surface area contributed by atoms with Crippen molar-refractivity contribution in [2.75, 3.05) is 36.5 Å². The van der Waals surface area contributed by atoms with Gasteiger partial charge < -0.3 is 25.2 Å². The van der Waals surface area contributed by atoms with Gasteiger partial charge in [0, 0.05) is 54.3 Å².